The average molecular weight is 222 g/mol. The third-order valence-corrected chi connectivity index (χ3v) is 3.01. The van der Waals surface area contributed by atoms with E-state index in [1.54, 1.807) is 24.3 Å². The summed E-state index contributed by atoms with van der Waals surface area (Å²) in [6.07, 6.45) is 0.494. The first-order chi connectivity index (χ1) is 7.70. The molecule has 1 aromatic rings. The molecule has 2 rings (SSSR count). The van der Waals surface area contributed by atoms with Crippen molar-refractivity contribution in [3.05, 3.63) is 29.8 Å². The van der Waals surface area contributed by atoms with Gasteiger partial charge in [0.25, 0.3) is 0 Å². The number of ether oxygens (including phenoxy) is 1. The van der Waals surface area contributed by atoms with Crippen molar-refractivity contribution in [1.82, 2.24) is 0 Å². The summed E-state index contributed by atoms with van der Waals surface area (Å²) in [4.78, 5) is 11.1. The predicted octanol–water partition coefficient (Wildman–Crippen LogP) is 1.60. The van der Waals surface area contributed by atoms with Gasteiger partial charge in [-0.1, -0.05) is 18.2 Å². The maximum Gasteiger partial charge on any atom is 0.307 e. The molecular formula is C12H14O4. The van der Waals surface area contributed by atoms with E-state index in [0.29, 0.717) is 25.2 Å². The van der Waals surface area contributed by atoms with Gasteiger partial charge in [-0.3, -0.25) is 4.79 Å². The van der Waals surface area contributed by atoms with Crippen LogP contribution in [0.15, 0.2) is 24.3 Å². The number of hydrogen-bond acceptors (Lipinski definition) is 3. The molecule has 1 heterocycles. The van der Waals surface area contributed by atoms with Crippen LogP contribution in [0.3, 0.4) is 0 Å². The van der Waals surface area contributed by atoms with E-state index < -0.39 is 11.9 Å². The zero-order valence-electron chi connectivity index (χ0n) is 8.80. The molecule has 1 aliphatic rings. The summed E-state index contributed by atoms with van der Waals surface area (Å²) in [5.74, 6) is -1.41. The van der Waals surface area contributed by atoms with Gasteiger partial charge in [-0.05, 0) is 12.5 Å². The maximum absolute atomic E-state index is 11.1. The number of carboxylic acid groups (broad SMARTS) is 1. The van der Waals surface area contributed by atoms with Crippen LogP contribution in [0.1, 0.15) is 17.9 Å². The highest BCUT2D eigenvalue weighted by Crippen LogP contribution is 2.35. The average Bonchev–Trinajstić information content (AvgIpc) is 2.29. The molecule has 16 heavy (non-hydrogen) atoms. The van der Waals surface area contributed by atoms with Crippen molar-refractivity contribution in [2.24, 2.45) is 5.92 Å². The van der Waals surface area contributed by atoms with Gasteiger partial charge in [0.1, 0.15) is 5.75 Å². The summed E-state index contributed by atoms with van der Waals surface area (Å²) in [6, 6.07) is 6.84. The summed E-state index contributed by atoms with van der Waals surface area (Å²) in [5, 5.41) is 18.8. The monoisotopic (exact) mass is 222 g/mol. The summed E-state index contributed by atoms with van der Waals surface area (Å²) in [6.45, 7) is 0.829. The lowest BCUT2D eigenvalue weighted by Gasteiger charge is -2.29. The molecule has 2 unspecified atom stereocenters. The first kappa shape index (κ1) is 11.0. The van der Waals surface area contributed by atoms with E-state index >= 15 is 0 Å². The molecule has 0 amide bonds. The highest BCUT2D eigenvalue weighted by atomic mass is 16.5. The Morgan fingerprint density at radius 2 is 2.12 bits per heavy atom. The van der Waals surface area contributed by atoms with Crippen molar-refractivity contribution in [2.75, 3.05) is 13.2 Å². The Balaban J connectivity index is 2.30. The van der Waals surface area contributed by atoms with E-state index in [4.69, 9.17) is 9.84 Å². The molecule has 1 aliphatic heterocycles. The van der Waals surface area contributed by atoms with E-state index in [0.717, 1.165) is 0 Å². The molecule has 0 bridgehead atoms. The maximum atomic E-state index is 11.1. The van der Waals surface area contributed by atoms with Gasteiger partial charge in [0.15, 0.2) is 0 Å². The molecule has 0 aliphatic carbocycles. The Kier molecular flexibility index (Phi) is 3.10. The zero-order chi connectivity index (χ0) is 11.5. The lowest BCUT2D eigenvalue weighted by molar-refractivity contribution is -0.146. The predicted molar refractivity (Wildman–Crippen MR) is 57.4 cm³/mol. The fourth-order valence-corrected chi connectivity index (χ4v) is 2.14. The van der Waals surface area contributed by atoms with Crippen LogP contribution in [0.2, 0.25) is 0 Å². The van der Waals surface area contributed by atoms with Gasteiger partial charge in [-0.15, -0.1) is 0 Å². The van der Waals surface area contributed by atoms with Crippen LogP contribution in [0.5, 0.6) is 5.75 Å². The van der Waals surface area contributed by atoms with E-state index in [1.807, 2.05) is 0 Å². The van der Waals surface area contributed by atoms with E-state index in [1.165, 1.54) is 0 Å². The van der Waals surface area contributed by atoms with Crippen LogP contribution in [0.25, 0.3) is 0 Å². The lowest BCUT2D eigenvalue weighted by atomic mass is 9.83. The molecule has 0 saturated carbocycles. The van der Waals surface area contributed by atoms with Gasteiger partial charge in [-0.25, -0.2) is 0 Å². The summed E-state index contributed by atoms with van der Waals surface area (Å²) in [7, 11) is 0. The van der Waals surface area contributed by atoms with Gasteiger partial charge in [0.05, 0.1) is 12.5 Å². The van der Waals surface area contributed by atoms with Crippen molar-refractivity contribution in [3.63, 3.8) is 0 Å². The molecule has 0 radical (unpaired) electrons. The van der Waals surface area contributed by atoms with Crippen LogP contribution in [-0.2, 0) is 9.53 Å². The quantitative estimate of drug-likeness (QED) is 0.797. The fourth-order valence-electron chi connectivity index (χ4n) is 2.14. The van der Waals surface area contributed by atoms with Crippen molar-refractivity contribution in [2.45, 2.75) is 12.3 Å². The number of hydrogen-bond donors (Lipinski definition) is 2. The fraction of sp³-hybridized carbons (Fsp3) is 0.417. The van der Waals surface area contributed by atoms with Crippen LogP contribution in [0, 0.1) is 5.92 Å². The second-order valence-corrected chi connectivity index (χ2v) is 3.97. The molecule has 2 atom stereocenters. The van der Waals surface area contributed by atoms with Crippen LogP contribution in [-0.4, -0.2) is 29.4 Å². The van der Waals surface area contributed by atoms with Crippen LogP contribution in [0.4, 0.5) is 0 Å². The third kappa shape index (κ3) is 2.02. The highest BCUT2D eigenvalue weighted by Gasteiger charge is 2.33. The standard InChI is InChI=1S/C12H14O4/c13-11-4-2-1-3-8(11)10-7-16-6-5-9(10)12(14)15/h1-4,9-10,13H,5-7H2,(H,14,15). The third-order valence-electron chi connectivity index (χ3n) is 3.01. The molecule has 1 aromatic carbocycles. The first-order valence-corrected chi connectivity index (χ1v) is 5.28. The SMILES string of the molecule is O=C(O)C1CCOCC1c1ccccc1O. The number of para-hydroxylation sites is 1. The van der Waals surface area contributed by atoms with Gasteiger partial charge in [0, 0.05) is 18.1 Å². The minimum Gasteiger partial charge on any atom is -0.508 e. The van der Waals surface area contributed by atoms with Gasteiger partial charge >= 0.3 is 5.97 Å². The number of phenols is 1. The largest absolute Gasteiger partial charge is 0.508 e. The minimum absolute atomic E-state index is 0.143. The summed E-state index contributed by atoms with van der Waals surface area (Å²) >= 11 is 0. The Hall–Kier alpha value is -1.55. The van der Waals surface area contributed by atoms with Crippen molar-refractivity contribution >= 4 is 5.97 Å². The summed E-state index contributed by atoms with van der Waals surface area (Å²) < 4.78 is 5.30. The Morgan fingerprint density at radius 1 is 1.38 bits per heavy atom. The molecule has 1 saturated heterocycles. The second-order valence-electron chi connectivity index (χ2n) is 3.97. The number of aliphatic carboxylic acids is 1. The molecule has 4 heteroatoms. The summed E-state index contributed by atoms with van der Waals surface area (Å²) in [5.41, 5.74) is 0.662. The molecule has 0 spiro atoms. The van der Waals surface area contributed by atoms with Gasteiger partial charge in [-0.2, -0.15) is 0 Å². The van der Waals surface area contributed by atoms with E-state index in [2.05, 4.69) is 0 Å². The zero-order valence-corrected chi connectivity index (χ0v) is 8.80. The van der Waals surface area contributed by atoms with E-state index in [-0.39, 0.29) is 11.7 Å². The smallest absolute Gasteiger partial charge is 0.307 e. The molecule has 4 nitrogen and oxygen atoms in total. The molecule has 86 valence electrons. The van der Waals surface area contributed by atoms with Crippen LogP contribution < -0.4 is 0 Å². The highest BCUT2D eigenvalue weighted by molar-refractivity contribution is 5.71. The van der Waals surface area contributed by atoms with Crippen molar-refractivity contribution in [1.29, 1.82) is 0 Å². The number of benzene rings is 1. The molecular weight excluding hydrogens is 208 g/mol. The number of rotatable bonds is 2. The topological polar surface area (TPSA) is 66.8 Å². The lowest BCUT2D eigenvalue weighted by Crippen LogP contribution is -2.31. The van der Waals surface area contributed by atoms with Crippen molar-refractivity contribution in [3.8, 4) is 5.75 Å². The molecule has 1 fully saturated rings. The van der Waals surface area contributed by atoms with E-state index in [9.17, 15) is 9.90 Å². The van der Waals surface area contributed by atoms with Crippen LogP contribution >= 0.6 is 0 Å². The molecule has 0 aromatic heterocycles. The Labute approximate surface area is 93.5 Å². The second kappa shape index (κ2) is 4.53. The molecule has 2 N–H and O–H groups in total. The van der Waals surface area contributed by atoms with Gasteiger partial charge in [0.2, 0.25) is 0 Å². The van der Waals surface area contributed by atoms with Crippen molar-refractivity contribution < 1.29 is 19.7 Å². The Bertz CT molecular complexity index is 388. The number of aromatic hydroxyl groups is 1. The Morgan fingerprint density at radius 3 is 2.81 bits per heavy atom. The number of phenolic OH excluding ortho intramolecular Hbond substituents is 1. The number of carbonyl (C=O) groups is 1. The first-order valence-electron chi connectivity index (χ1n) is 5.28. The van der Waals surface area contributed by atoms with Gasteiger partial charge < -0.3 is 14.9 Å². The minimum atomic E-state index is -0.823. The normalized spacial score (nSPS) is 25.2. The number of carboxylic acids is 1.